The third kappa shape index (κ3) is 3.59. The number of nitro groups is 1. The van der Waals surface area contributed by atoms with Crippen molar-refractivity contribution in [2.75, 3.05) is 7.11 Å². The highest BCUT2D eigenvalue weighted by Gasteiger charge is 2.19. The van der Waals surface area contributed by atoms with Gasteiger partial charge in [0.2, 0.25) is 11.7 Å². The maximum Gasteiger partial charge on any atom is 0.294 e. The van der Waals surface area contributed by atoms with Crippen molar-refractivity contribution in [2.24, 2.45) is 0 Å². The van der Waals surface area contributed by atoms with Gasteiger partial charge in [-0.05, 0) is 30.3 Å². The fraction of sp³-hybridized carbons (Fsp3) is 0.0952. The van der Waals surface area contributed by atoms with Gasteiger partial charge >= 0.3 is 0 Å². The summed E-state index contributed by atoms with van der Waals surface area (Å²) in [6.07, 6.45) is 2.64. The molecule has 33 heavy (non-hydrogen) atoms. The first-order valence-corrected chi connectivity index (χ1v) is 9.69. The van der Waals surface area contributed by atoms with Gasteiger partial charge in [0.15, 0.2) is 5.65 Å². The van der Waals surface area contributed by atoms with Crippen molar-refractivity contribution in [3.05, 3.63) is 87.4 Å². The molecule has 0 aliphatic heterocycles. The van der Waals surface area contributed by atoms with Crippen LogP contribution < -0.4 is 10.3 Å². The molecule has 0 N–H and O–H groups in total. The third-order valence-corrected chi connectivity index (χ3v) is 4.98. The Morgan fingerprint density at radius 1 is 1.15 bits per heavy atom. The molecule has 12 heteroatoms. The number of hydrogen-bond donors (Lipinski definition) is 0. The maximum absolute atomic E-state index is 13.0. The first-order chi connectivity index (χ1) is 16.0. The molecule has 164 valence electrons. The molecule has 0 bridgehead atoms. The second-order valence-electron chi connectivity index (χ2n) is 6.96. The Hall–Kier alpha value is -4.87. The van der Waals surface area contributed by atoms with Crippen molar-refractivity contribution in [2.45, 2.75) is 6.54 Å². The van der Waals surface area contributed by atoms with Crippen LogP contribution in [-0.4, -0.2) is 41.5 Å². The van der Waals surface area contributed by atoms with Gasteiger partial charge in [0.1, 0.15) is 29.7 Å². The van der Waals surface area contributed by atoms with Crippen LogP contribution in [0.1, 0.15) is 5.89 Å². The Labute approximate surface area is 184 Å². The van der Waals surface area contributed by atoms with Crippen LogP contribution in [0.25, 0.3) is 28.1 Å². The molecule has 3 aromatic heterocycles. The number of aromatic nitrogens is 6. The van der Waals surface area contributed by atoms with Gasteiger partial charge in [-0.15, -0.1) is 0 Å². The fourth-order valence-electron chi connectivity index (χ4n) is 3.36. The molecular weight excluding hydrogens is 430 g/mol. The second kappa shape index (κ2) is 8.00. The van der Waals surface area contributed by atoms with E-state index in [0.29, 0.717) is 11.6 Å². The average molecular weight is 445 g/mol. The summed E-state index contributed by atoms with van der Waals surface area (Å²) in [7, 11) is 1.58. The van der Waals surface area contributed by atoms with Crippen molar-refractivity contribution in [1.29, 1.82) is 0 Å². The first kappa shape index (κ1) is 20.1. The van der Waals surface area contributed by atoms with Crippen molar-refractivity contribution >= 4 is 16.7 Å². The summed E-state index contributed by atoms with van der Waals surface area (Å²) in [5.41, 5.74) is 0.607. The van der Waals surface area contributed by atoms with E-state index in [1.165, 1.54) is 33.9 Å². The van der Waals surface area contributed by atoms with E-state index in [9.17, 15) is 14.9 Å². The van der Waals surface area contributed by atoms with Crippen LogP contribution in [0.5, 0.6) is 5.75 Å². The van der Waals surface area contributed by atoms with Crippen molar-refractivity contribution < 1.29 is 14.2 Å². The summed E-state index contributed by atoms with van der Waals surface area (Å²) >= 11 is 0. The zero-order valence-corrected chi connectivity index (χ0v) is 17.2. The standard InChI is InChI=1S/C21H15N7O5/c1-32-14-8-6-13(7-9-14)19-24-18(33-25-19)11-26-12-22-20-15(21(26)29)10-23-27(20)16-4-2-3-5-17(16)28(30)31/h2-10,12H,11H2,1H3. The third-order valence-electron chi connectivity index (χ3n) is 4.98. The molecule has 2 aromatic carbocycles. The minimum Gasteiger partial charge on any atom is -0.497 e. The van der Waals surface area contributed by atoms with Crippen LogP contribution >= 0.6 is 0 Å². The van der Waals surface area contributed by atoms with Crippen LogP contribution in [0.3, 0.4) is 0 Å². The lowest BCUT2D eigenvalue weighted by molar-refractivity contribution is -0.384. The molecule has 0 radical (unpaired) electrons. The number of ether oxygens (including phenoxy) is 1. The minimum atomic E-state index is -0.514. The SMILES string of the molecule is COc1ccc(-c2noc(Cn3cnc4c(cnn4-c4ccccc4[N+](=O)[O-])c3=O)n2)cc1. The van der Waals surface area contributed by atoms with E-state index in [1.807, 2.05) is 0 Å². The summed E-state index contributed by atoms with van der Waals surface area (Å²) in [4.78, 5) is 32.5. The van der Waals surface area contributed by atoms with Crippen molar-refractivity contribution in [3.63, 3.8) is 0 Å². The predicted octanol–water partition coefficient (Wildman–Crippen LogP) is 2.60. The van der Waals surface area contributed by atoms with E-state index >= 15 is 0 Å². The van der Waals surface area contributed by atoms with Gasteiger partial charge in [-0.25, -0.2) is 9.67 Å². The summed E-state index contributed by atoms with van der Waals surface area (Å²) in [5.74, 6) is 1.30. The number of nitrogens with zero attached hydrogens (tertiary/aromatic N) is 7. The summed E-state index contributed by atoms with van der Waals surface area (Å²) < 4.78 is 13.0. The quantitative estimate of drug-likeness (QED) is 0.284. The molecule has 5 aromatic rings. The zero-order chi connectivity index (χ0) is 22.9. The van der Waals surface area contributed by atoms with Gasteiger partial charge in [-0.2, -0.15) is 10.1 Å². The lowest BCUT2D eigenvalue weighted by Crippen LogP contribution is -2.21. The number of para-hydroxylation sites is 2. The smallest absolute Gasteiger partial charge is 0.294 e. The Bertz CT molecular complexity index is 1530. The van der Waals surface area contributed by atoms with E-state index in [1.54, 1.807) is 43.5 Å². The molecule has 5 rings (SSSR count). The topological polar surface area (TPSA) is 144 Å². The van der Waals surface area contributed by atoms with Gasteiger partial charge in [0.05, 0.1) is 18.2 Å². The Morgan fingerprint density at radius 3 is 2.70 bits per heavy atom. The van der Waals surface area contributed by atoms with Gasteiger partial charge < -0.3 is 9.26 Å². The molecule has 0 aliphatic rings. The minimum absolute atomic E-state index is 0.00158. The number of fused-ring (bicyclic) bond motifs is 1. The van der Waals surface area contributed by atoms with Crippen molar-refractivity contribution in [1.82, 2.24) is 29.5 Å². The predicted molar refractivity (Wildman–Crippen MR) is 115 cm³/mol. The van der Waals surface area contributed by atoms with Crippen LogP contribution in [-0.2, 0) is 6.54 Å². The van der Waals surface area contributed by atoms with E-state index in [0.717, 1.165) is 5.56 Å². The summed E-state index contributed by atoms with van der Waals surface area (Å²) in [6.45, 7) is 0.00158. The van der Waals surface area contributed by atoms with Gasteiger partial charge in [0.25, 0.3) is 11.2 Å². The number of hydrogen-bond acceptors (Lipinski definition) is 9. The van der Waals surface area contributed by atoms with Crippen LogP contribution in [0, 0.1) is 10.1 Å². The zero-order valence-electron chi connectivity index (χ0n) is 17.2. The van der Waals surface area contributed by atoms with E-state index < -0.39 is 10.5 Å². The average Bonchev–Trinajstić information content (AvgIpc) is 3.48. The molecule has 3 heterocycles. The lowest BCUT2D eigenvalue weighted by Gasteiger charge is -2.05. The van der Waals surface area contributed by atoms with Gasteiger partial charge in [0, 0.05) is 11.6 Å². The van der Waals surface area contributed by atoms with E-state index in [-0.39, 0.29) is 34.8 Å². The van der Waals surface area contributed by atoms with E-state index in [2.05, 4.69) is 20.2 Å². The van der Waals surface area contributed by atoms with Crippen molar-refractivity contribution in [3.8, 4) is 22.8 Å². The molecular formula is C21H15N7O5. The molecule has 0 spiro atoms. The Balaban J connectivity index is 1.46. The highest BCUT2D eigenvalue weighted by atomic mass is 16.6. The normalized spacial score (nSPS) is 11.1. The molecule has 0 amide bonds. The molecule has 0 saturated carbocycles. The summed E-state index contributed by atoms with van der Waals surface area (Å²) in [6, 6.07) is 13.3. The number of methoxy groups -OCH3 is 1. The van der Waals surface area contributed by atoms with Crippen LogP contribution in [0.15, 0.2) is 70.4 Å². The molecule has 0 atom stereocenters. The monoisotopic (exact) mass is 445 g/mol. The second-order valence-corrected chi connectivity index (χ2v) is 6.96. The van der Waals surface area contributed by atoms with Gasteiger partial charge in [-0.3, -0.25) is 19.5 Å². The highest BCUT2D eigenvalue weighted by molar-refractivity contribution is 5.76. The Kier molecular flexibility index (Phi) is 4.86. The summed E-state index contributed by atoms with van der Waals surface area (Å²) in [5, 5.41) is 19.7. The first-order valence-electron chi connectivity index (χ1n) is 9.69. The molecule has 0 saturated heterocycles. The van der Waals surface area contributed by atoms with Crippen LogP contribution in [0.2, 0.25) is 0 Å². The molecule has 12 nitrogen and oxygen atoms in total. The molecule has 0 fully saturated rings. The maximum atomic E-state index is 13.0. The fourth-order valence-corrected chi connectivity index (χ4v) is 3.36. The molecule has 0 aliphatic carbocycles. The lowest BCUT2D eigenvalue weighted by atomic mass is 10.2. The van der Waals surface area contributed by atoms with Gasteiger partial charge in [-0.1, -0.05) is 17.3 Å². The number of rotatable bonds is 6. The molecule has 0 unspecified atom stereocenters. The number of benzene rings is 2. The van der Waals surface area contributed by atoms with E-state index in [4.69, 9.17) is 9.26 Å². The van der Waals surface area contributed by atoms with Crippen LogP contribution in [0.4, 0.5) is 5.69 Å². The highest BCUT2D eigenvalue weighted by Crippen LogP contribution is 2.24. The largest absolute Gasteiger partial charge is 0.497 e. The Morgan fingerprint density at radius 2 is 1.94 bits per heavy atom. The number of nitro benzene ring substituents is 1.